The van der Waals surface area contributed by atoms with Crippen LogP contribution in [0.25, 0.3) is 0 Å². The first-order valence-electron chi connectivity index (χ1n) is 7.80. The minimum absolute atomic E-state index is 0.184. The van der Waals surface area contributed by atoms with Gasteiger partial charge in [0.25, 0.3) is 5.91 Å². The number of ether oxygens (including phenoxy) is 1. The number of hydrogen-bond acceptors (Lipinski definition) is 4. The van der Waals surface area contributed by atoms with Crippen molar-refractivity contribution in [3.8, 4) is 11.8 Å². The molecule has 1 amide bonds. The number of carbonyl (C=O) groups excluding carboxylic acids is 1. The summed E-state index contributed by atoms with van der Waals surface area (Å²) >= 11 is 6.15. The van der Waals surface area contributed by atoms with E-state index in [0.29, 0.717) is 22.0 Å². The van der Waals surface area contributed by atoms with Crippen molar-refractivity contribution in [2.45, 2.75) is 13.3 Å². The number of hydrogen-bond donors (Lipinski definition) is 1. The number of aryl methyl sites for hydroxylation is 1. The first-order valence-corrected chi connectivity index (χ1v) is 8.18. The third kappa shape index (κ3) is 4.33. The van der Waals surface area contributed by atoms with Crippen molar-refractivity contribution in [1.29, 1.82) is 0 Å². The fourth-order valence-electron chi connectivity index (χ4n) is 2.23. The molecule has 0 spiro atoms. The molecule has 0 saturated heterocycles. The van der Waals surface area contributed by atoms with Crippen LogP contribution in [-0.4, -0.2) is 15.9 Å². The molecule has 0 aliphatic carbocycles. The van der Waals surface area contributed by atoms with Crippen LogP contribution >= 0.6 is 11.6 Å². The largest absolute Gasteiger partial charge is 0.423 e. The molecular formula is C19H16ClN3O2. The molecule has 0 aliphatic heterocycles. The minimum atomic E-state index is -0.195. The standard InChI is InChI=1S/C19H16ClN3O2/c1-2-13-5-3-6-14(11-13)18(24)23-15-7-8-16(20)17(12-15)25-19-21-9-4-10-22-19/h3-12H,2H2,1H3,(H,23,24). The van der Waals surface area contributed by atoms with E-state index in [4.69, 9.17) is 16.3 Å². The van der Waals surface area contributed by atoms with E-state index in [9.17, 15) is 4.79 Å². The van der Waals surface area contributed by atoms with Gasteiger partial charge in [-0.15, -0.1) is 0 Å². The van der Waals surface area contributed by atoms with Gasteiger partial charge in [0.05, 0.1) is 5.02 Å². The lowest BCUT2D eigenvalue weighted by Gasteiger charge is -2.10. The van der Waals surface area contributed by atoms with Gasteiger partial charge in [0.1, 0.15) is 0 Å². The molecule has 0 unspecified atom stereocenters. The van der Waals surface area contributed by atoms with E-state index in [1.165, 1.54) is 0 Å². The van der Waals surface area contributed by atoms with Crippen LogP contribution in [0.5, 0.6) is 11.8 Å². The normalized spacial score (nSPS) is 10.3. The van der Waals surface area contributed by atoms with Gasteiger partial charge < -0.3 is 10.1 Å². The first-order chi connectivity index (χ1) is 12.2. The summed E-state index contributed by atoms with van der Waals surface area (Å²) in [4.78, 5) is 20.4. The number of amides is 1. The summed E-state index contributed by atoms with van der Waals surface area (Å²) in [6.07, 6.45) is 4.02. The van der Waals surface area contributed by atoms with Gasteiger partial charge in [-0.05, 0) is 42.3 Å². The molecule has 1 heterocycles. The first kappa shape index (κ1) is 16.9. The number of carbonyl (C=O) groups is 1. The zero-order valence-corrected chi connectivity index (χ0v) is 14.3. The SMILES string of the molecule is CCc1cccc(C(=O)Nc2ccc(Cl)c(Oc3ncccn3)c2)c1. The van der Waals surface area contributed by atoms with Crippen molar-refractivity contribution < 1.29 is 9.53 Å². The molecule has 0 atom stereocenters. The Kier molecular flexibility index (Phi) is 5.26. The molecule has 1 aromatic heterocycles. The summed E-state index contributed by atoms with van der Waals surface area (Å²) in [6, 6.07) is 14.4. The summed E-state index contributed by atoms with van der Waals surface area (Å²) in [6.45, 7) is 2.05. The second kappa shape index (κ2) is 7.77. The Morgan fingerprint density at radius 3 is 2.68 bits per heavy atom. The number of nitrogens with zero attached hydrogens (tertiary/aromatic N) is 2. The van der Waals surface area contributed by atoms with Crippen LogP contribution in [0.4, 0.5) is 5.69 Å². The molecule has 3 aromatic rings. The molecule has 6 heteroatoms. The van der Waals surface area contributed by atoms with Crippen LogP contribution in [0.1, 0.15) is 22.8 Å². The smallest absolute Gasteiger partial charge is 0.321 e. The fourth-order valence-corrected chi connectivity index (χ4v) is 2.39. The van der Waals surface area contributed by atoms with Crippen molar-refractivity contribution in [2.24, 2.45) is 0 Å². The van der Waals surface area contributed by atoms with Crippen molar-refractivity contribution in [3.63, 3.8) is 0 Å². The summed E-state index contributed by atoms with van der Waals surface area (Å²) in [7, 11) is 0. The highest BCUT2D eigenvalue weighted by atomic mass is 35.5. The van der Waals surface area contributed by atoms with Gasteiger partial charge in [0, 0.05) is 29.7 Å². The van der Waals surface area contributed by atoms with Crippen LogP contribution in [0.3, 0.4) is 0 Å². The Bertz CT molecular complexity index is 885. The molecule has 0 saturated carbocycles. The average Bonchev–Trinajstić information content (AvgIpc) is 2.65. The van der Waals surface area contributed by atoms with E-state index < -0.39 is 0 Å². The minimum Gasteiger partial charge on any atom is -0.423 e. The van der Waals surface area contributed by atoms with Crippen LogP contribution in [0, 0.1) is 0 Å². The van der Waals surface area contributed by atoms with E-state index in [0.717, 1.165) is 12.0 Å². The average molecular weight is 354 g/mol. The Balaban J connectivity index is 1.78. The van der Waals surface area contributed by atoms with Crippen molar-refractivity contribution >= 4 is 23.2 Å². The van der Waals surface area contributed by atoms with Gasteiger partial charge in [-0.2, -0.15) is 0 Å². The highest BCUT2D eigenvalue weighted by molar-refractivity contribution is 6.32. The Morgan fingerprint density at radius 2 is 1.92 bits per heavy atom. The number of aromatic nitrogens is 2. The van der Waals surface area contributed by atoms with Crippen molar-refractivity contribution in [1.82, 2.24) is 9.97 Å². The summed E-state index contributed by atoms with van der Waals surface area (Å²) in [5.74, 6) is 0.174. The van der Waals surface area contributed by atoms with Gasteiger partial charge in [0.15, 0.2) is 5.75 Å². The molecule has 2 aromatic carbocycles. The van der Waals surface area contributed by atoms with Gasteiger partial charge in [-0.1, -0.05) is 30.7 Å². The van der Waals surface area contributed by atoms with Crippen LogP contribution in [0.15, 0.2) is 60.9 Å². The van der Waals surface area contributed by atoms with E-state index in [-0.39, 0.29) is 11.9 Å². The zero-order chi connectivity index (χ0) is 17.6. The van der Waals surface area contributed by atoms with E-state index in [1.54, 1.807) is 42.7 Å². The number of benzene rings is 2. The molecule has 0 fully saturated rings. The topological polar surface area (TPSA) is 64.1 Å². The Hall–Kier alpha value is -2.92. The van der Waals surface area contributed by atoms with E-state index in [1.807, 2.05) is 25.1 Å². The zero-order valence-electron chi connectivity index (χ0n) is 13.6. The van der Waals surface area contributed by atoms with Crippen LogP contribution < -0.4 is 10.1 Å². The molecule has 0 aliphatic rings. The van der Waals surface area contributed by atoms with Gasteiger partial charge >= 0.3 is 6.01 Å². The monoisotopic (exact) mass is 353 g/mol. The van der Waals surface area contributed by atoms with Gasteiger partial charge in [0.2, 0.25) is 0 Å². The van der Waals surface area contributed by atoms with E-state index in [2.05, 4.69) is 15.3 Å². The van der Waals surface area contributed by atoms with Crippen molar-refractivity contribution in [3.05, 3.63) is 77.1 Å². The maximum Gasteiger partial charge on any atom is 0.321 e. The summed E-state index contributed by atoms with van der Waals surface area (Å²) in [5, 5.41) is 3.25. The maximum absolute atomic E-state index is 12.4. The number of anilines is 1. The fraction of sp³-hybridized carbons (Fsp3) is 0.105. The molecule has 0 radical (unpaired) electrons. The predicted molar refractivity (Wildman–Crippen MR) is 97.3 cm³/mol. The summed E-state index contributed by atoms with van der Waals surface area (Å²) in [5.41, 5.74) is 2.28. The third-order valence-corrected chi connectivity index (χ3v) is 3.84. The Morgan fingerprint density at radius 1 is 1.12 bits per heavy atom. The molecule has 1 N–H and O–H groups in total. The van der Waals surface area contributed by atoms with Crippen LogP contribution in [-0.2, 0) is 6.42 Å². The molecular weight excluding hydrogens is 338 g/mol. The molecule has 25 heavy (non-hydrogen) atoms. The molecule has 5 nitrogen and oxygen atoms in total. The number of rotatable bonds is 5. The lowest BCUT2D eigenvalue weighted by atomic mass is 10.1. The second-order valence-electron chi connectivity index (χ2n) is 5.29. The highest BCUT2D eigenvalue weighted by Gasteiger charge is 2.10. The molecule has 126 valence electrons. The highest BCUT2D eigenvalue weighted by Crippen LogP contribution is 2.30. The predicted octanol–water partition coefficient (Wildman–Crippen LogP) is 4.74. The van der Waals surface area contributed by atoms with Gasteiger partial charge in [-0.25, -0.2) is 9.97 Å². The Labute approximate surface area is 150 Å². The van der Waals surface area contributed by atoms with Crippen LogP contribution in [0.2, 0.25) is 5.02 Å². The lowest BCUT2D eigenvalue weighted by Crippen LogP contribution is -2.12. The summed E-state index contributed by atoms with van der Waals surface area (Å²) < 4.78 is 5.57. The lowest BCUT2D eigenvalue weighted by molar-refractivity contribution is 0.102. The molecule has 0 bridgehead atoms. The van der Waals surface area contributed by atoms with E-state index >= 15 is 0 Å². The van der Waals surface area contributed by atoms with Crippen molar-refractivity contribution in [2.75, 3.05) is 5.32 Å². The quantitative estimate of drug-likeness (QED) is 0.719. The maximum atomic E-state index is 12.4. The third-order valence-electron chi connectivity index (χ3n) is 3.53. The van der Waals surface area contributed by atoms with Gasteiger partial charge in [-0.3, -0.25) is 4.79 Å². The number of nitrogens with one attached hydrogen (secondary N) is 1. The number of halogens is 1. The molecule has 3 rings (SSSR count). The second-order valence-corrected chi connectivity index (χ2v) is 5.69.